The summed E-state index contributed by atoms with van der Waals surface area (Å²) in [4.78, 5) is 33.4. The lowest BCUT2D eigenvalue weighted by atomic mass is 10.0. The van der Waals surface area contributed by atoms with E-state index in [1.165, 1.54) is 36.4 Å². The van der Waals surface area contributed by atoms with Crippen LogP contribution < -0.4 is 10.9 Å². The number of aromatic amines is 1. The molecule has 1 amide bonds. The SMILES string of the molecule is O=C(NC(Cc1ccc(O)cc1)c1nc2ccccc2[nH]1)c1ccc(=O)n(-c2ccc(F)cc2)n1. The van der Waals surface area contributed by atoms with Crippen LogP contribution in [0.4, 0.5) is 4.39 Å². The zero-order valence-electron chi connectivity index (χ0n) is 18.4. The van der Waals surface area contributed by atoms with Crippen molar-refractivity contribution >= 4 is 16.9 Å². The van der Waals surface area contributed by atoms with Crippen molar-refractivity contribution in [1.29, 1.82) is 0 Å². The second-order valence-electron chi connectivity index (χ2n) is 7.98. The molecule has 0 aliphatic rings. The fourth-order valence-corrected chi connectivity index (χ4v) is 3.75. The molecule has 0 aliphatic carbocycles. The highest BCUT2D eigenvalue weighted by Crippen LogP contribution is 2.21. The van der Waals surface area contributed by atoms with Crippen LogP contribution in [0.2, 0.25) is 0 Å². The first-order valence-electron chi connectivity index (χ1n) is 10.9. The fourth-order valence-electron chi connectivity index (χ4n) is 3.75. The molecule has 5 aromatic rings. The van der Waals surface area contributed by atoms with E-state index in [0.717, 1.165) is 21.3 Å². The van der Waals surface area contributed by atoms with Gasteiger partial charge in [0.1, 0.15) is 23.1 Å². The van der Waals surface area contributed by atoms with E-state index < -0.39 is 23.3 Å². The van der Waals surface area contributed by atoms with Crippen molar-refractivity contribution in [3.63, 3.8) is 0 Å². The van der Waals surface area contributed by atoms with Crippen LogP contribution >= 0.6 is 0 Å². The Kier molecular flexibility index (Phi) is 5.80. The van der Waals surface area contributed by atoms with Gasteiger partial charge in [-0.3, -0.25) is 9.59 Å². The number of hydrogen-bond donors (Lipinski definition) is 3. The number of H-pyrrole nitrogens is 1. The molecule has 0 radical (unpaired) electrons. The normalized spacial score (nSPS) is 11.9. The van der Waals surface area contributed by atoms with Crippen LogP contribution in [0.5, 0.6) is 5.75 Å². The summed E-state index contributed by atoms with van der Waals surface area (Å²) in [6.07, 6.45) is 0.392. The highest BCUT2D eigenvalue weighted by Gasteiger charge is 2.21. The van der Waals surface area contributed by atoms with Crippen LogP contribution in [0.3, 0.4) is 0 Å². The summed E-state index contributed by atoms with van der Waals surface area (Å²) >= 11 is 0. The number of halogens is 1. The minimum Gasteiger partial charge on any atom is -0.508 e. The summed E-state index contributed by atoms with van der Waals surface area (Å²) in [6.45, 7) is 0. The molecular weight excluding hydrogens is 449 g/mol. The van der Waals surface area contributed by atoms with Crippen molar-refractivity contribution in [2.75, 3.05) is 0 Å². The van der Waals surface area contributed by atoms with E-state index in [0.29, 0.717) is 17.9 Å². The first-order valence-corrected chi connectivity index (χ1v) is 10.9. The Morgan fingerprint density at radius 2 is 1.74 bits per heavy atom. The predicted octanol–water partition coefficient (Wildman–Crippen LogP) is 3.67. The minimum atomic E-state index is -0.549. The number of aromatic hydroxyl groups is 1. The number of phenols is 1. The third-order valence-corrected chi connectivity index (χ3v) is 5.52. The van der Waals surface area contributed by atoms with Gasteiger partial charge in [0.2, 0.25) is 0 Å². The maximum absolute atomic E-state index is 13.3. The molecule has 3 aromatic carbocycles. The number of carbonyl (C=O) groups excluding carboxylic acids is 1. The Morgan fingerprint density at radius 1 is 1.00 bits per heavy atom. The Labute approximate surface area is 198 Å². The Balaban J connectivity index is 1.47. The molecule has 0 saturated carbocycles. The van der Waals surface area contributed by atoms with Crippen molar-refractivity contribution < 1.29 is 14.3 Å². The van der Waals surface area contributed by atoms with E-state index in [1.807, 2.05) is 24.3 Å². The third kappa shape index (κ3) is 4.79. The van der Waals surface area contributed by atoms with E-state index in [1.54, 1.807) is 24.3 Å². The number of amides is 1. The molecule has 8 nitrogen and oxygen atoms in total. The van der Waals surface area contributed by atoms with Crippen molar-refractivity contribution in [3.8, 4) is 11.4 Å². The molecule has 0 aliphatic heterocycles. The van der Waals surface area contributed by atoms with Crippen molar-refractivity contribution in [2.45, 2.75) is 12.5 Å². The summed E-state index contributed by atoms with van der Waals surface area (Å²) in [6, 6.07) is 21.5. The highest BCUT2D eigenvalue weighted by molar-refractivity contribution is 5.92. The molecule has 3 N–H and O–H groups in total. The molecule has 5 rings (SSSR count). The molecule has 0 saturated heterocycles. The Morgan fingerprint density at radius 3 is 2.49 bits per heavy atom. The van der Waals surface area contributed by atoms with Gasteiger partial charge < -0.3 is 15.4 Å². The number of para-hydroxylation sites is 2. The number of hydrogen-bond acceptors (Lipinski definition) is 5. The molecule has 9 heteroatoms. The molecule has 0 fully saturated rings. The summed E-state index contributed by atoms with van der Waals surface area (Å²) in [5.74, 6) is -0.256. The summed E-state index contributed by atoms with van der Waals surface area (Å²) in [5.41, 5.74) is 2.36. The van der Waals surface area contributed by atoms with Gasteiger partial charge in [-0.2, -0.15) is 9.78 Å². The first kappa shape index (κ1) is 22.0. The minimum absolute atomic E-state index is 0.0146. The molecule has 1 unspecified atom stereocenters. The lowest BCUT2D eigenvalue weighted by Crippen LogP contribution is -2.33. The number of carbonyl (C=O) groups is 1. The number of nitrogens with zero attached hydrogens (tertiary/aromatic N) is 3. The number of nitrogens with one attached hydrogen (secondary N) is 2. The maximum Gasteiger partial charge on any atom is 0.272 e. The highest BCUT2D eigenvalue weighted by atomic mass is 19.1. The molecule has 35 heavy (non-hydrogen) atoms. The van der Waals surface area contributed by atoms with E-state index >= 15 is 0 Å². The molecule has 2 heterocycles. The largest absolute Gasteiger partial charge is 0.508 e. The second-order valence-corrected chi connectivity index (χ2v) is 7.98. The number of rotatable bonds is 6. The second kappa shape index (κ2) is 9.22. The number of imidazole rings is 1. The Hall–Kier alpha value is -4.79. The standard InChI is InChI=1S/C26H20FN5O3/c27-17-7-9-18(10-8-17)32-24(34)14-13-22(31-32)26(35)30-23(15-16-5-11-19(33)12-6-16)25-28-20-3-1-2-4-21(20)29-25/h1-14,23,33H,15H2,(H,28,29)(H,30,35). The summed E-state index contributed by atoms with van der Waals surface area (Å²) in [7, 11) is 0. The van der Waals surface area contributed by atoms with E-state index in [-0.39, 0.29) is 11.4 Å². The maximum atomic E-state index is 13.3. The zero-order chi connectivity index (χ0) is 24.4. The van der Waals surface area contributed by atoms with Gasteiger partial charge in [0.15, 0.2) is 0 Å². The van der Waals surface area contributed by atoms with Gasteiger partial charge in [0.25, 0.3) is 11.5 Å². The topological polar surface area (TPSA) is 113 Å². The first-order chi connectivity index (χ1) is 17.0. The van der Waals surface area contributed by atoms with Gasteiger partial charge >= 0.3 is 0 Å². The Bertz CT molecular complexity index is 1530. The predicted molar refractivity (Wildman–Crippen MR) is 128 cm³/mol. The van der Waals surface area contributed by atoms with Gasteiger partial charge in [-0.15, -0.1) is 0 Å². The van der Waals surface area contributed by atoms with E-state index in [9.17, 15) is 19.1 Å². The smallest absolute Gasteiger partial charge is 0.272 e. The van der Waals surface area contributed by atoms with Crippen molar-refractivity contribution in [2.24, 2.45) is 0 Å². The quantitative estimate of drug-likeness (QED) is 0.351. The van der Waals surface area contributed by atoms with Crippen LogP contribution in [0.15, 0.2) is 89.7 Å². The van der Waals surface area contributed by atoms with E-state index in [4.69, 9.17) is 0 Å². The lowest BCUT2D eigenvalue weighted by Gasteiger charge is -2.17. The van der Waals surface area contributed by atoms with Gasteiger partial charge in [-0.25, -0.2) is 9.37 Å². The molecule has 0 spiro atoms. The van der Waals surface area contributed by atoms with Crippen LogP contribution in [-0.2, 0) is 6.42 Å². The number of benzene rings is 3. The van der Waals surface area contributed by atoms with E-state index in [2.05, 4.69) is 20.4 Å². The number of phenolic OH excluding ortho intramolecular Hbond substituents is 1. The summed E-state index contributed by atoms with van der Waals surface area (Å²) < 4.78 is 14.3. The van der Waals surface area contributed by atoms with Gasteiger partial charge in [0, 0.05) is 6.07 Å². The van der Waals surface area contributed by atoms with Crippen molar-refractivity contribution in [3.05, 3.63) is 118 Å². The van der Waals surface area contributed by atoms with Crippen LogP contribution in [0.1, 0.15) is 27.9 Å². The van der Waals surface area contributed by atoms with Gasteiger partial charge in [-0.05, 0) is 66.6 Å². The fraction of sp³-hybridized carbons (Fsp3) is 0.0769. The number of fused-ring (bicyclic) bond motifs is 1. The summed E-state index contributed by atoms with van der Waals surface area (Å²) in [5, 5.41) is 16.7. The molecule has 1 atom stereocenters. The number of aromatic nitrogens is 4. The van der Waals surface area contributed by atoms with Gasteiger partial charge in [-0.1, -0.05) is 24.3 Å². The molecule has 2 aromatic heterocycles. The van der Waals surface area contributed by atoms with Crippen molar-refractivity contribution in [1.82, 2.24) is 25.1 Å². The van der Waals surface area contributed by atoms with Crippen LogP contribution in [0, 0.1) is 5.82 Å². The molecular formula is C26H20FN5O3. The zero-order valence-corrected chi connectivity index (χ0v) is 18.4. The van der Waals surface area contributed by atoms with Crippen LogP contribution in [-0.4, -0.2) is 30.8 Å². The average molecular weight is 469 g/mol. The molecule has 174 valence electrons. The average Bonchev–Trinajstić information content (AvgIpc) is 3.30. The van der Waals surface area contributed by atoms with Gasteiger partial charge in [0.05, 0.1) is 22.8 Å². The molecule has 0 bridgehead atoms. The third-order valence-electron chi connectivity index (χ3n) is 5.52. The monoisotopic (exact) mass is 469 g/mol. The van der Waals surface area contributed by atoms with Crippen LogP contribution in [0.25, 0.3) is 16.7 Å². The lowest BCUT2D eigenvalue weighted by molar-refractivity contribution is 0.0928.